The molecule has 3 heterocycles. The van der Waals surface area contributed by atoms with Gasteiger partial charge in [0.2, 0.25) is 0 Å². The van der Waals surface area contributed by atoms with E-state index >= 15 is 0 Å². The SMILES string of the molecule is CCN1CCCN(c2cc(C(F)(F)F)nc(-c3ccncc3)n2)CC1. The molecule has 25 heavy (non-hydrogen) atoms. The molecule has 1 aliphatic rings. The number of hydrogen-bond donors (Lipinski definition) is 0. The van der Waals surface area contributed by atoms with Crippen molar-refractivity contribution >= 4 is 5.82 Å². The van der Waals surface area contributed by atoms with E-state index in [0.29, 0.717) is 24.5 Å². The zero-order valence-electron chi connectivity index (χ0n) is 14.0. The molecule has 0 aliphatic carbocycles. The van der Waals surface area contributed by atoms with Gasteiger partial charge in [-0.05, 0) is 31.6 Å². The second-order valence-electron chi connectivity index (χ2n) is 5.94. The highest BCUT2D eigenvalue weighted by atomic mass is 19.4. The number of likely N-dealkylation sites (N-methyl/N-ethyl adjacent to an activating group) is 1. The highest BCUT2D eigenvalue weighted by Crippen LogP contribution is 2.31. The average Bonchev–Trinajstić information content (AvgIpc) is 2.87. The molecule has 1 aliphatic heterocycles. The summed E-state index contributed by atoms with van der Waals surface area (Å²) in [6.07, 6.45) is -0.585. The van der Waals surface area contributed by atoms with Gasteiger partial charge in [-0.15, -0.1) is 0 Å². The number of anilines is 1. The Bertz CT molecular complexity index is 705. The number of alkyl halides is 3. The number of pyridine rings is 1. The van der Waals surface area contributed by atoms with E-state index in [-0.39, 0.29) is 5.82 Å². The third-order valence-corrected chi connectivity index (χ3v) is 4.30. The van der Waals surface area contributed by atoms with Crippen LogP contribution in [0.4, 0.5) is 19.0 Å². The Morgan fingerprint density at radius 3 is 2.48 bits per heavy atom. The van der Waals surface area contributed by atoms with Crippen molar-refractivity contribution in [2.75, 3.05) is 37.6 Å². The van der Waals surface area contributed by atoms with Gasteiger partial charge < -0.3 is 9.80 Å². The second kappa shape index (κ2) is 7.35. The summed E-state index contributed by atoms with van der Waals surface area (Å²) in [4.78, 5) is 16.2. The van der Waals surface area contributed by atoms with E-state index in [0.717, 1.165) is 32.1 Å². The third-order valence-electron chi connectivity index (χ3n) is 4.30. The lowest BCUT2D eigenvalue weighted by atomic mass is 10.2. The van der Waals surface area contributed by atoms with Crippen molar-refractivity contribution in [1.82, 2.24) is 19.9 Å². The van der Waals surface area contributed by atoms with Crippen LogP contribution in [-0.4, -0.2) is 52.6 Å². The molecule has 0 bridgehead atoms. The Morgan fingerprint density at radius 2 is 1.80 bits per heavy atom. The number of halogens is 3. The molecule has 0 saturated carbocycles. The molecule has 0 atom stereocenters. The first kappa shape index (κ1) is 17.6. The lowest BCUT2D eigenvalue weighted by Gasteiger charge is -2.23. The maximum Gasteiger partial charge on any atom is 0.433 e. The lowest BCUT2D eigenvalue weighted by Crippen LogP contribution is -2.31. The predicted octanol–water partition coefficient (Wildman–Crippen LogP) is 3.09. The molecular formula is C17H20F3N5. The molecule has 0 aromatic carbocycles. The van der Waals surface area contributed by atoms with E-state index in [1.54, 1.807) is 12.1 Å². The minimum Gasteiger partial charge on any atom is -0.355 e. The van der Waals surface area contributed by atoms with Crippen LogP contribution in [0.5, 0.6) is 0 Å². The minimum absolute atomic E-state index is 0.0730. The highest BCUT2D eigenvalue weighted by Gasteiger charge is 2.34. The Kier molecular flexibility index (Phi) is 5.17. The summed E-state index contributed by atoms with van der Waals surface area (Å²) in [5.74, 6) is 0.399. The van der Waals surface area contributed by atoms with Crippen LogP contribution in [0.15, 0.2) is 30.6 Å². The van der Waals surface area contributed by atoms with Crippen LogP contribution < -0.4 is 4.90 Å². The maximum absolute atomic E-state index is 13.3. The van der Waals surface area contributed by atoms with E-state index in [1.807, 2.05) is 4.90 Å². The smallest absolute Gasteiger partial charge is 0.355 e. The summed E-state index contributed by atoms with van der Waals surface area (Å²) in [6.45, 7) is 6.11. The van der Waals surface area contributed by atoms with E-state index < -0.39 is 11.9 Å². The summed E-state index contributed by atoms with van der Waals surface area (Å²) < 4.78 is 39.9. The monoisotopic (exact) mass is 351 g/mol. The average molecular weight is 351 g/mol. The van der Waals surface area contributed by atoms with Crippen molar-refractivity contribution in [2.45, 2.75) is 19.5 Å². The van der Waals surface area contributed by atoms with Crippen LogP contribution >= 0.6 is 0 Å². The van der Waals surface area contributed by atoms with Crippen LogP contribution in [0.2, 0.25) is 0 Å². The molecule has 0 spiro atoms. The summed E-state index contributed by atoms with van der Waals surface area (Å²) >= 11 is 0. The summed E-state index contributed by atoms with van der Waals surface area (Å²) in [5, 5.41) is 0. The van der Waals surface area contributed by atoms with Gasteiger partial charge in [0.25, 0.3) is 0 Å². The van der Waals surface area contributed by atoms with Crippen molar-refractivity contribution in [1.29, 1.82) is 0 Å². The Labute approximate surface area is 144 Å². The molecule has 134 valence electrons. The van der Waals surface area contributed by atoms with E-state index in [2.05, 4.69) is 26.8 Å². The molecule has 1 fully saturated rings. The highest BCUT2D eigenvalue weighted by molar-refractivity contribution is 5.57. The molecule has 0 radical (unpaired) electrons. The summed E-state index contributed by atoms with van der Waals surface area (Å²) in [6, 6.07) is 4.27. The van der Waals surface area contributed by atoms with Gasteiger partial charge in [-0.1, -0.05) is 6.92 Å². The largest absolute Gasteiger partial charge is 0.433 e. The van der Waals surface area contributed by atoms with Crippen molar-refractivity contribution in [3.8, 4) is 11.4 Å². The van der Waals surface area contributed by atoms with Crippen molar-refractivity contribution in [2.24, 2.45) is 0 Å². The van der Waals surface area contributed by atoms with Gasteiger partial charge in [-0.3, -0.25) is 4.98 Å². The molecule has 3 rings (SSSR count). The van der Waals surface area contributed by atoms with Gasteiger partial charge in [-0.25, -0.2) is 9.97 Å². The summed E-state index contributed by atoms with van der Waals surface area (Å²) in [5.41, 5.74) is -0.395. The Hall–Kier alpha value is -2.22. The van der Waals surface area contributed by atoms with Crippen molar-refractivity contribution in [3.05, 3.63) is 36.3 Å². The first-order valence-corrected chi connectivity index (χ1v) is 8.31. The molecular weight excluding hydrogens is 331 g/mol. The fraction of sp³-hybridized carbons (Fsp3) is 0.471. The molecule has 2 aromatic heterocycles. The standard InChI is InChI=1S/C17H20F3N5/c1-2-24-8-3-9-25(11-10-24)15-12-14(17(18,19)20)22-16(23-15)13-4-6-21-7-5-13/h4-7,12H,2-3,8-11H2,1H3. The molecule has 8 heteroatoms. The van der Waals surface area contributed by atoms with Crippen molar-refractivity contribution in [3.63, 3.8) is 0 Å². The minimum atomic E-state index is -4.51. The molecule has 5 nitrogen and oxygen atoms in total. The lowest BCUT2D eigenvalue weighted by molar-refractivity contribution is -0.141. The molecule has 0 unspecified atom stereocenters. The molecule has 0 N–H and O–H groups in total. The predicted molar refractivity (Wildman–Crippen MR) is 89.2 cm³/mol. The first-order valence-electron chi connectivity index (χ1n) is 8.31. The molecule has 1 saturated heterocycles. The topological polar surface area (TPSA) is 45.2 Å². The van der Waals surface area contributed by atoms with Crippen LogP contribution in [0.3, 0.4) is 0 Å². The second-order valence-corrected chi connectivity index (χ2v) is 5.94. The van der Waals surface area contributed by atoms with Crippen LogP contribution in [0.25, 0.3) is 11.4 Å². The van der Waals surface area contributed by atoms with Crippen molar-refractivity contribution < 1.29 is 13.2 Å². The molecule has 2 aromatic rings. The van der Waals surface area contributed by atoms with Gasteiger partial charge >= 0.3 is 6.18 Å². The number of rotatable bonds is 3. The van der Waals surface area contributed by atoms with Gasteiger partial charge in [0.05, 0.1) is 0 Å². The fourth-order valence-electron chi connectivity index (χ4n) is 2.89. The maximum atomic E-state index is 13.3. The van der Waals surface area contributed by atoms with Gasteiger partial charge in [0, 0.05) is 43.7 Å². The molecule has 0 amide bonds. The third kappa shape index (κ3) is 4.25. The normalized spacial score (nSPS) is 16.7. The Balaban J connectivity index is 1.98. The van der Waals surface area contributed by atoms with E-state index in [1.165, 1.54) is 12.4 Å². The van der Waals surface area contributed by atoms with Gasteiger partial charge in [-0.2, -0.15) is 13.2 Å². The van der Waals surface area contributed by atoms with Crippen LogP contribution in [-0.2, 0) is 6.18 Å². The summed E-state index contributed by atoms with van der Waals surface area (Å²) in [7, 11) is 0. The van der Waals surface area contributed by atoms with E-state index in [9.17, 15) is 13.2 Å². The quantitative estimate of drug-likeness (QED) is 0.850. The van der Waals surface area contributed by atoms with E-state index in [4.69, 9.17) is 0 Å². The number of nitrogens with zero attached hydrogens (tertiary/aromatic N) is 5. The number of hydrogen-bond acceptors (Lipinski definition) is 5. The van der Waals surface area contributed by atoms with Gasteiger partial charge in [0.1, 0.15) is 5.82 Å². The Morgan fingerprint density at radius 1 is 1.04 bits per heavy atom. The fourth-order valence-corrected chi connectivity index (χ4v) is 2.89. The number of aromatic nitrogens is 3. The zero-order chi connectivity index (χ0) is 17.9. The zero-order valence-corrected chi connectivity index (χ0v) is 14.0. The van der Waals surface area contributed by atoms with Crippen LogP contribution in [0, 0.1) is 0 Å². The van der Waals surface area contributed by atoms with Gasteiger partial charge in [0.15, 0.2) is 11.5 Å². The van der Waals surface area contributed by atoms with Crippen LogP contribution in [0.1, 0.15) is 19.0 Å². The first-order chi connectivity index (χ1) is 12.0.